The van der Waals surface area contributed by atoms with Gasteiger partial charge in [0, 0.05) is 6.08 Å². The van der Waals surface area contributed by atoms with E-state index in [2.05, 4.69) is 0 Å². The molecule has 0 amide bonds. The van der Waals surface area contributed by atoms with Gasteiger partial charge in [-0.3, -0.25) is 0 Å². The van der Waals surface area contributed by atoms with Crippen LogP contribution in [0.1, 0.15) is 0 Å². The first-order chi connectivity index (χ1) is 3.92. The summed E-state index contributed by atoms with van der Waals surface area (Å²) < 4.78 is 33.2. The maximum absolute atomic E-state index is 11.3. The molecular weight excluding hydrogens is 267 g/mol. The number of alkyl halides is 5. The molecule has 0 fully saturated rings. The Balaban J connectivity index is 3.71. The fourth-order valence-corrected chi connectivity index (χ4v) is 0.462. The van der Waals surface area contributed by atoms with Crippen molar-refractivity contribution >= 4 is 34.2 Å². The molecule has 0 aliphatic carbocycles. The summed E-state index contributed by atoms with van der Waals surface area (Å²) in [5.74, 6) is 0. The minimum Gasteiger partial charge on any atom is -0.167 e. The SMILES string of the molecule is FC(F)(F)C=CC(Cl)I. The standard InChI is InChI=1S/C4H3ClF3I/c5-3(9)1-2-4(6,7)8/h1-3H. The lowest BCUT2D eigenvalue weighted by atomic mass is 10.5. The molecule has 0 spiro atoms. The second-order valence-corrected chi connectivity index (χ2v) is 3.78. The molecule has 5 heteroatoms. The average Bonchev–Trinajstić information content (AvgIpc) is 1.59. The molecule has 0 aromatic heterocycles. The molecule has 0 heterocycles. The zero-order valence-electron chi connectivity index (χ0n) is 4.12. The largest absolute Gasteiger partial charge is 0.409 e. The minimum absolute atomic E-state index is 0.122. The summed E-state index contributed by atoms with van der Waals surface area (Å²) in [4.78, 5) is 0. The highest BCUT2D eigenvalue weighted by Gasteiger charge is 2.21. The first-order valence-corrected chi connectivity index (χ1v) is 3.64. The Labute approximate surface area is 69.2 Å². The Hall–Kier alpha value is 0.550. The highest BCUT2D eigenvalue weighted by atomic mass is 127. The predicted molar refractivity (Wildman–Crippen MR) is 38.9 cm³/mol. The fourth-order valence-electron chi connectivity index (χ4n) is 0.182. The Morgan fingerprint density at radius 1 is 1.44 bits per heavy atom. The van der Waals surface area contributed by atoms with E-state index in [1.807, 2.05) is 0 Å². The van der Waals surface area contributed by atoms with E-state index in [1.54, 1.807) is 22.6 Å². The number of rotatable bonds is 1. The lowest BCUT2D eigenvalue weighted by Gasteiger charge is -1.96. The number of hydrogen-bond donors (Lipinski definition) is 0. The van der Waals surface area contributed by atoms with Crippen LogP contribution in [-0.2, 0) is 0 Å². The monoisotopic (exact) mass is 270 g/mol. The average molecular weight is 270 g/mol. The van der Waals surface area contributed by atoms with Gasteiger partial charge in [-0.2, -0.15) is 13.2 Å². The second kappa shape index (κ2) is 3.65. The first-order valence-electron chi connectivity index (χ1n) is 1.96. The summed E-state index contributed by atoms with van der Waals surface area (Å²) in [5, 5.41) is 0. The molecule has 54 valence electrons. The van der Waals surface area contributed by atoms with Gasteiger partial charge >= 0.3 is 6.18 Å². The van der Waals surface area contributed by atoms with E-state index in [0.717, 1.165) is 6.08 Å². The number of allylic oxidation sites excluding steroid dienone is 2. The molecule has 0 N–H and O–H groups in total. The smallest absolute Gasteiger partial charge is 0.167 e. The van der Waals surface area contributed by atoms with Crippen molar-refractivity contribution < 1.29 is 13.2 Å². The Morgan fingerprint density at radius 3 is 2.00 bits per heavy atom. The Bertz CT molecular complexity index is 107. The third-order valence-electron chi connectivity index (χ3n) is 0.431. The molecule has 0 bridgehead atoms. The summed E-state index contributed by atoms with van der Waals surface area (Å²) in [6.07, 6.45) is -3.24. The third kappa shape index (κ3) is 8.55. The van der Waals surface area contributed by atoms with Crippen molar-refractivity contribution in [2.75, 3.05) is 0 Å². The highest BCUT2D eigenvalue weighted by Crippen LogP contribution is 2.18. The van der Waals surface area contributed by atoms with Crippen LogP contribution in [0.3, 0.4) is 0 Å². The van der Waals surface area contributed by atoms with E-state index < -0.39 is 9.56 Å². The quantitative estimate of drug-likeness (QED) is 0.390. The van der Waals surface area contributed by atoms with E-state index in [-0.39, 0.29) is 6.08 Å². The van der Waals surface area contributed by atoms with Crippen molar-refractivity contribution in [1.29, 1.82) is 0 Å². The van der Waals surface area contributed by atoms with Crippen LogP contribution in [0, 0.1) is 0 Å². The van der Waals surface area contributed by atoms with Crippen LogP contribution in [0.4, 0.5) is 13.2 Å². The van der Waals surface area contributed by atoms with Crippen LogP contribution in [0.15, 0.2) is 12.2 Å². The van der Waals surface area contributed by atoms with E-state index in [4.69, 9.17) is 11.6 Å². The van der Waals surface area contributed by atoms with Crippen molar-refractivity contribution in [3.05, 3.63) is 12.2 Å². The highest BCUT2D eigenvalue weighted by molar-refractivity contribution is 14.1. The van der Waals surface area contributed by atoms with Gasteiger partial charge in [-0.1, -0.05) is 28.7 Å². The van der Waals surface area contributed by atoms with Gasteiger partial charge in [-0.05, 0) is 0 Å². The molecule has 1 unspecified atom stereocenters. The summed E-state index contributed by atoms with van der Waals surface area (Å²) in [6.45, 7) is 0. The lowest BCUT2D eigenvalue weighted by Crippen LogP contribution is -2.01. The molecule has 1 atom stereocenters. The molecule has 0 saturated carbocycles. The van der Waals surface area contributed by atoms with Gasteiger partial charge in [-0.25, -0.2) is 0 Å². The van der Waals surface area contributed by atoms with E-state index in [1.165, 1.54) is 0 Å². The molecule has 0 rings (SSSR count). The number of halogens is 5. The summed E-state index contributed by atoms with van der Waals surface area (Å²) in [7, 11) is 0. The fraction of sp³-hybridized carbons (Fsp3) is 0.500. The van der Waals surface area contributed by atoms with Crippen LogP contribution < -0.4 is 0 Å². The summed E-state index contributed by atoms with van der Waals surface area (Å²) >= 11 is 6.84. The van der Waals surface area contributed by atoms with Crippen LogP contribution in [0.5, 0.6) is 0 Å². The van der Waals surface area contributed by atoms with Gasteiger partial charge in [0.25, 0.3) is 0 Å². The first kappa shape index (κ1) is 9.55. The van der Waals surface area contributed by atoms with Gasteiger partial charge in [0.1, 0.15) is 3.38 Å². The van der Waals surface area contributed by atoms with Crippen LogP contribution >= 0.6 is 34.2 Å². The maximum atomic E-state index is 11.3. The third-order valence-corrected chi connectivity index (χ3v) is 0.991. The van der Waals surface area contributed by atoms with Crippen LogP contribution in [0.2, 0.25) is 0 Å². The van der Waals surface area contributed by atoms with E-state index in [9.17, 15) is 13.2 Å². The molecule has 0 radical (unpaired) electrons. The van der Waals surface area contributed by atoms with Crippen molar-refractivity contribution in [3.63, 3.8) is 0 Å². The van der Waals surface area contributed by atoms with Gasteiger partial charge < -0.3 is 0 Å². The zero-order valence-corrected chi connectivity index (χ0v) is 7.04. The number of hydrogen-bond acceptors (Lipinski definition) is 0. The van der Waals surface area contributed by atoms with Gasteiger partial charge in [0.05, 0.1) is 0 Å². The van der Waals surface area contributed by atoms with Crippen molar-refractivity contribution in [3.8, 4) is 0 Å². The molecule has 0 aliphatic heterocycles. The molecule has 9 heavy (non-hydrogen) atoms. The maximum Gasteiger partial charge on any atom is 0.409 e. The van der Waals surface area contributed by atoms with Gasteiger partial charge in [0.15, 0.2) is 0 Å². The normalized spacial score (nSPS) is 16.6. The van der Waals surface area contributed by atoms with Crippen LogP contribution in [-0.4, -0.2) is 9.56 Å². The molecular formula is C4H3ClF3I. The van der Waals surface area contributed by atoms with E-state index in [0.29, 0.717) is 0 Å². The van der Waals surface area contributed by atoms with Crippen LogP contribution in [0.25, 0.3) is 0 Å². The van der Waals surface area contributed by atoms with Gasteiger partial charge in [0.2, 0.25) is 0 Å². The molecule has 0 nitrogen and oxygen atoms in total. The van der Waals surface area contributed by atoms with Crippen molar-refractivity contribution in [1.82, 2.24) is 0 Å². The topological polar surface area (TPSA) is 0 Å². The lowest BCUT2D eigenvalue weighted by molar-refractivity contribution is -0.0799. The Morgan fingerprint density at radius 2 is 1.89 bits per heavy atom. The molecule has 0 saturated heterocycles. The molecule has 0 aromatic rings. The predicted octanol–water partition coefficient (Wildman–Crippen LogP) is 3.10. The summed E-state index contributed by atoms with van der Waals surface area (Å²) in [6, 6.07) is 0. The summed E-state index contributed by atoms with van der Waals surface area (Å²) in [5.41, 5.74) is 0. The Kier molecular flexibility index (Phi) is 3.88. The van der Waals surface area contributed by atoms with Crippen molar-refractivity contribution in [2.24, 2.45) is 0 Å². The van der Waals surface area contributed by atoms with Gasteiger partial charge in [-0.15, -0.1) is 11.6 Å². The second-order valence-electron chi connectivity index (χ2n) is 1.24. The zero-order chi connectivity index (χ0) is 7.49. The van der Waals surface area contributed by atoms with E-state index >= 15 is 0 Å². The molecule has 0 aromatic carbocycles. The molecule has 0 aliphatic rings. The van der Waals surface area contributed by atoms with Crippen molar-refractivity contribution in [2.45, 2.75) is 9.56 Å². The minimum atomic E-state index is -4.24.